The first-order chi connectivity index (χ1) is 9.87. The van der Waals surface area contributed by atoms with Crippen molar-refractivity contribution < 1.29 is 18.0 Å². The largest absolute Gasteiger partial charge is 0.401 e. The summed E-state index contributed by atoms with van der Waals surface area (Å²) in [7, 11) is 0. The second-order valence-corrected chi connectivity index (χ2v) is 5.10. The summed E-state index contributed by atoms with van der Waals surface area (Å²) in [5, 5.41) is 0. The van der Waals surface area contributed by atoms with Gasteiger partial charge in [0.05, 0.1) is 6.54 Å². The Hall–Kier alpha value is -1.02. The highest BCUT2D eigenvalue weighted by molar-refractivity contribution is 5.85. The third-order valence-electron chi connectivity index (χ3n) is 3.51. The number of piperazine rings is 1. The lowest BCUT2D eigenvalue weighted by Crippen LogP contribution is -2.52. The van der Waals surface area contributed by atoms with Crippen molar-refractivity contribution in [2.24, 2.45) is 5.73 Å². The molecule has 4 nitrogen and oxygen atoms in total. The zero-order valence-electron chi connectivity index (χ0n) is 12.3. The van der Waals surface area contributed by atoms with Crippen LogP contribution in [-0.2, 0) is 4.79 Å². The van der Waals surface area contributed by atoms with Crippen molar-refractivity contribution in [2.45, 2.75) is 12.2 Å². The van der Waals surface area contributed by atoms with Crippen molar-refractivity contribution in [3.05, 3.63) is 35.9 Å². The minimum absolute atomic E-state index is 0. The van der Waals surface area contributed by atoms with E-state index in [0.717, 1.165) is 0 Å². The molecule has 9 heteroatoms. The van der Waals surface area contributed by atoms with Crippen LogP contribution in [0.3, 0.4) is 0 Å². The van der Waals surface area contributed by atoms with Gasteiger partial charge in [-0.15, -0.1) is 24.8 Å². The Kier molecular flexibility index (Phi) is 8.90. The minimum atomic E-state index is -4.20. The molecular weight excluding hydrogens is 354 g/mol. The van der Waals surface area contributed by atoms with Crippen LogP contribution in [0.4, 0.5) is 13.2 Å². The third-order valence-corrected chi connectivity index (χ3v) is 3.51. The van der Waals surface area contributed by atoms with Gasteiger partial charge in [0.15, 0.2) is 0 Å². The van der Waals surface area contributed by atoms with Gasteiger partial charge in [0.1, 0.15) is 6.04 Å². The number of nitrogens with two attached hydrogens (primary N) is 1. The molecule has 1 saturated heterocycles. The Morgan fingerprint density at radius 1 is 1.09 bits per heavy atom. The van der Waals surface area contributed by atoms with Crippen LogP contribution in [0.1, 0.15) is 11.6 Å². The maximum atomic E-state index is 12.3. The predicted molar refractivity (Wildman–Crippen MR) is 86.9 cm³/mol. The number of hydrogen-bond acceptors (Lipinski definition) is 3. The molecule has 1 unspecified atom stereocenters. The van der Waals surface area contributed by atoms with E-state index in [9.17, 15) is 18.0 Å². The number of benzene rings is 1. The van der Waals surface area contributed by atoms with Gasteiger partial charge in [-0.3, -0.25) is 9.69 Å². The van der Waals surface area contributed by atoms with Gasteiger partial charge in [-0.2, -0.15) is 13.2 Å². The van der Waals surface area contributed by atoms with E-state index < -0.39 is 18.8 Å². The second kappa shape index (κ2) is 9.32. The summed E-state index contributed by atoms with van der Waals surface area (Å²) in [6.07, 6.45) is -4.20. The first-order valence-electron chi connectivity index (χ1n) is 6.75. The number of nitrogens with zero attached hydrogens (tertiary/aromatic N) is 2. The monoisotopic (exact) mass is 373 g/mol. The van der Waals surface area contributed by atoms with Crippen LogP contribution in [0, 0.1) is 0 Å². The maximum Gasteiger partial charge on any atom is 0.401 e. The third kappa shape index (κ3) is 6.55. The van der Waals surface area contributed by atoms with Crippen LogP contribution in [0.25, 0.3) is 0 Å². The van der Waals surface area contributed by atoms with E-state index in [1.54, 1.807) is 24.3 Å². The molecule has 23 heavy (non-hydrogen) atoms. The molecule has 1 amide bonds. The van der Waals surface area contributed by atoms with Crippen molar-refractivity contribution in [1.82, 2.24) is 9.80 Å². The van der Waals surface area contributed by atoms with E-state index in [0.29, 0.717) is 5.56 Å². The van der Waals surface area contributed by atoms with Crippen LogP contribution in [0.2, 0.25) is 0 Å². The molecule has 1 fully saturated rings. The van der Waals surface area contributed by atoms with E-state index in [4.69, 9.17) is 5.73 Å². The number of alkyl halides is 3. The van der Waals surface area contributed by atoms with E-state index in [1.807, 2.05) is 6.07 Å². The lowest BCUT2D eigenvalue weighted by atomic mass is 10.1. The maximum absolute atomic E-state index is 12.3. The highest BCUT2D eigenvalue weighted by atomic mass is 35.5. The Balaban J connectivity index is 0.00000242. The van der Waals surface area contributed by atoms with Gasteiger partial charge in [0.25, 0.3) is 0 Å². The molecule has 0 aliphatic carbocycles. The van der Waals surface area contributed by atoms with Crippen LogP contribution >= 0.6 is 24.8 Å². The van der Waals surface area contributed by atoms with E-state index in [2.05, 4.69) is 0 Å². The molecule has 1 heterocycles. The molecule has 1 aliphatic rings. The first-order valence-corrected chi connectivity index (χ1v) is 6.75. The van der Waals surface area contributed by atoms with Crippen LogP contribution in [-0.4, -0.2) is 54.6 Å². The molecule has 0 radical (unpaired) electrons. The van der Waals surface area contributed by atoms with Gasteiger partial charge in [-0.05, 0) is 5.56 Å². The summed E-state index contributed by atoms with van der Waals surface area (Å²) in [6.45, 7) is 0.0458. The Bertz CT molecular complexity index is 480. The van der Waals surface area contributed by atoms with Gasteiger partial charge in [-0.1, -0.05) is 30.3 Å². The number of halogens is 5. The van der Waals surface area contributed by atoms with Crippen molar-refractivity contribution in [2.75, 3.05) is 32.7 Å². The van der Waals surface area contributed by atoms with Crippen LogP contribution in [0.5, 0.6) is 0 Å². The van der Waals surface area contributed by atoms with Gasteiger partial charge in [0.2, 0.25) is 5.91 Å². The highest BCUT2D eigenvalue weighted by Gasteiger charge is 2.33. The van der Waals surface area contributed by atoms with Crippen LogP contribution < -0.4 is 5.73 Å². The highest BCUT2D eigenvalue weighted by Crippen LogP contribution is 2.19. The van der Waals surface area contributed by atoms with E-state index in [-0.39, 0.29) is 56.9 Å². The molecule has 1 aromatic rings. The topological polar surface area (TPSA) is 49.6 Å². The summed E-state index contributed by atoms with van der Waals surface area (Å²) in [5.74, 6) is -0.243. The van der Waals surface area contributed by atoms with E-state index >= 15 is 0 Å². The van der Waals surface area contributed by atoms with Gasteiger partial charge in [0, 0.05) is 26.2 Å². The normalized spacial score (nSPS) is 17.0. The number of carbonyl (C=O) groups excluding carboxylic acids is 1. The zero-order valence-corrected chi connectivity index (χ0v) is 14.0. The molecule has 0 bridgehead atoms. The van der Waals surface area contributed by atoms with Crippen molar-refractivity contribution >= 4 is 30.7 Å². The molecule has 0 aromatic heterocycles. The number of amides is 1. The average Bonchev–Trinajstić information content (AvgIpc) is 2.46. The molecule has 1 aromatic carbocycles. The molecule has 2 rings (SSSR count). The smallest absolute Gasteiger partial charge is 0.338 e. The van der Waals surface area contributed by atoms with Gasteiger partial charge in [-0.25, -0.2) is 0 Å². The van der Waals surface area contributed by atoms with E-state index in [1.165, 1.54) is 9.80 Å². The van der Waals surface area contributed by atoms with Crippen molar-refractivity contribution in [3.63, 3.8) is 0 Å². The molecule has 0 saturated carbocycles. The summed E-state index contributed by atoms with van der Waals surface area (Å²) in [4.78, 5) is 15.1. The quantitative estimate of drug-likeness (QED) is 0.883. The molecule has 1 aliphatic heterocycles. The van der Waals surface area contributed by atoms with Gasteiger partial charge < -0.3 is 10.6 Å². The zero-order chi connectivity index (χ0) is 15.5. The lowest BCUT2D eigenvalue weighted by molar-refractivity contribution is -0.152. The summed E-state index contributed by atoms with van der Waals surface area (Å²) < 4.78 is 36.9. The van der Waals surface area contributed by atoms with Crippen LogP contribution in [0.15, 0.2) is 30.3 Å². The molecule has 2 N–H and O–H groups in total. The second-order valence-electron chi connectivity index (χ2n) is 5.10. The number of rotatable bonds is 3. The summed E-state index contributed by atoms with van der Waals surface area (Å²) in [6, 6.07) is 8.19. The minimum Gasteiger partial charge on any atom is -0.338 e. The average molecular weight is 374 g/mol. The lowest BCUT2D eigenvalue weighted by Gasteiger charge is -2.36. The Morgan fingerprint density at radius 3 is 2.09 bits per heavy atom. The van der Waals surface area contributed by atoms with Crippen molar-refractivity contribution in [3.8, 4) is 0 Å². The first kappa shape index (κ1) is 22.0. The number of hydrogen-bond donors (Lipinski definition) is 1. The SMILES string of the molecule is Cl.Cl.NC(C(=O)N1CCN(CC(F)(F)F)CC1)c1ccccc1. The molecular formula is C14H20Cl2F3N3O. The van der Waals surface area contributed by atoms with Gasteiger partial charge >= 0.3 is 6.18 Å². The number of carbonyl (C=O) groups is 1. The Labute approximate surface area is 145 Å². The molecule has 132 valence electrons. The summed E-state index contributed by atoms with van der Waals surface area (Å²) >= 11 is 0. The molecule has 1 atom stereocenters. The Morgan fingerprint density at radius 2 is 1.61 bits per heavy atom. The fourth-order valence-electron chi connectivity index (χ4n) is 2.38. The fraction of sp³-hybridized carbons (Fsp3) is 0.500. The fourth-order valence-corrected chi connectivity index (χ4v) is 2.38. The molecule has 0 spiro atoms. The standard InChI is InChI=1S/C14H18F3N3O.2ClH/c15-14(16,17)10-19-6-8-20(9-7-19)13(21)12(18)11-4-2-1-3-5-11;;/h1-5,12H,6-10,18H2;2*1H. The summed E-state index contributed by atoms with van der Waals surface area (Å²) in [5.41, 5.74) is 6.63. The predicted octanol–water partition coefficient (Wildman–Crippen LogP) is 2.24. The van der Waals surface area contributed by atoms with Crippen molar-refractivity contribution in [1.29, 1.82) is 0 Å².